The van der Waals surface area contributed by atoms with E-state index in [0.717, 1.165) is 19.0 Å². The lowest BCUT2D eigenvalue weighted by Crippen LogP contribution is -2.25. The molecular formula is C16H27NS. The molecule has 0 saturated heterocycles. The van der Waals surface area contributed by atoms with Crippen molar-refractivity contribution < 1.29 is 0 Å². The van der Waals surface area contributed by atoms with E-state index in [1.165, 1.54) is 36.3 Å². The van der Waals surface area contributed by atoms with Crippen LogP contribution in [0.15, 0.2) is 30.3 Å². The zero-order valence-corrected chi connectivity index (χ0v) is 12.6. The Labute approximate surface area is 117 Å². The summed E-state index contributed by atoms with van der Waals surface area (Å²) in [5.74, 6) is 3.31. The highest BCUT2D eigenvalue weighted by Gasteiger charge is 2.09. The van der Waals surface area contributed by atoms with E-state index in [9.17, 15) is 0 Å². The molecule has 0 radical (unpaired) electrons. The maximum Gasteiger partial charge on any atom is -0.00170 e. The highest BCUT2D eigenvalue weighted by atomic mass is 32.2. The van der Waals surface area contributed by atoms with Gasteiger partial charge in [0.05, 0.1) is 0 Å². The minimum atomic E-state index is 0.776. The van der Waals surface area contributed by atoms with E-state index in [-0.39, 0.29) is 0 Å². The smallest absolute Gasteiger partial charge is 0.00170 e. The van der Waals surface area contributed by atoms with Crippen molar-refractivity contribution in [2.24, 2.45) is 5.92 Å². The molecule has 0 bridgehead atoms. The molecule has 1 unspecified atom stereocenters. The lowest BCUT2D eigenvalue weighted by Gasteiger charge is -2.17. The second-order valence-electron chi connectivity index (χ2n) is 4.75. The van der Waals surface area contributed by atoms with Crippen LogP contribution in [0.3, 0.4) is 0 Å². The monoisotopic (exact) mass is 265 g/mol. The van der Waals surface area contributed by atoms with Gasteiger partial charge in [0.15, 0.2) is 0 Å². The molecule has 18 heavy (non-hydrogen) atoms. The number of nitrogens with one attached hydrogen (secondary N) is 1. The number of hydrogen-bond donors (Lipinski definition) is 1. The van der Waals surface area contributed by atoms with Crippen molar-refractivity contribution >= 4 is 11.8 Å². The highest BCUT2D eigenvalue weighted by Crippen LogP contribution is 2.15. The Hall–Kier alpha value is -0.470. The van der Waals surface area contributed by atoms with Gasteiger partial charge in [-0.15, -0.1) is 0 Å². The molecular weight excluding hydrogens is 238 g/mol. The molecule has 1 aromatic rings. The normalized spacial score (nSPS) is 12.6. The Balaban J connectivity index is 2.37. The summed E-state index contributed by atoms with van der Waals surface area (Å²) in [7, 11) is 0. The van der Waals surface area contributed by atoms with Crippen molar-refractivity contribution in [3.8, 4) is 0 Å². The van der Waals surface area contributed by atoms with Crippen LogP contribution in [0.25, 0.3) is 0 Å². The van der Waals surface area contributed by atoms with Gasteiger partial charge < -0.3 is 5.32 Å². The topological polar surface area (TPSA) is 12.0 Å². The third kappa shape index (κ3) is 7.07. The lowest BCUT2D eigenvalue weighted by atomic mass is 9.97. The minimum absolute atomic E-state index is 0.776. The molecule has 0 aliphatic rings. The molecule has 1 N–H and O–H groups in total. The van der Waals surface area contributed by atoms with Gasteiger partial charge in [0.25, 0.3) is 0 Å². The van der Waals surface area contributed by atoms with E-state index in [4.69, 9.17) is 0 Å². The van der Waals surface area contributed by atoms with Gasteiger partial charge in [-0.3, -0.25) is 0 Å². The van der Waals surface area contributed by atoms with E-state index >= 15 is 0 Å². The Bertz CT molecular complexity index is 276. The Kier molecular flexibility index (Phi) is 9.05. The Morgan fingerprint density at radius 3 is 2.61 bits per heavy atom. The van der Waals surface area contributed by atoms with Gasteiger partial charge in [-0.1, -0.05) is 44.2 Å². The van der Waals surface area contributed by atoms with Crippen LogP contribution in [0.4, 0.5) is 0 Å². The molecule has 1 rings (SSSR count). The van der Waals surface area contributed by atoms with Crippen molar-refractivity contribution in [3.63, 3.8) is 0 Å². The van der Waals surface area contributed by atoms with Gasteiger partial charge in [-0.2, -0.15) is 11.8 Å². The van der Waals surface area contributed by atoms with Crippen molar-refractivity contribution in [1.29, 1.82) is 0 Å². The average Bonchev–Trinajstić information content (AvgIpc) is 2.40. The molecule has 1 nitrogen and oxygen atoms in total. The zero-order valence-electron chi connectivity index (χ0n) is 11.8. The fraction of sp³-hybridized carbons (Fsp3) is 0.625. The van der Waals surface area contributed by atoms with Crippen LogP contribution in [-0.2, 0) is 6.42 Å². The maximum atomic E-state index is 3.57. The van der Waals surface area contributed by atoms with Crippen LogP contribution in [0.2, 0.25) is 0 Å². The molecule has 102 valence electrons. The van der Waals surface area contributed by atoms with Crippen LogP contribution in [0, 0.1) is 5.92 Å². The third-order valence-electron chi connectivity index (χ3n) is 3.10. The molecule has 1 atom stereocenters. The first-order valence-electron chi connectivity index (χ1n) is 7.19. The number of thioether (sulfide) groups is 1. The molecule has 0 aromatic heterocycles. The third-order valence-corrected chi connectivity index (χ3v) is 4.03. The summed E-state index contributed by atoms with van der Waals surface area (Å²) in [5, 5.41) is 3.57. The predicted octanol–water partition coefficient (Wildman–Crippen LogP) is 3.99. The van der Waals surface area contributed by atoms with Gasteiger partial charge in [-0.25, -0.2) is 0 Å². The largest absolute Gasteiger partial charge is 0.316 e. The number of hydrogen-bond acceptors (Lipinski definition) is 2. The standard InChI is InChI=1S/C16H27NS/c1-3-11-17-14-16(10-12-18-4-2)13-15-8-6-5-7-9-15/h5-9,16-17H,3-4,10-14H2,1-2H3. The zero-order chi connectivity index (χ0) is 13.1. The lowest BCUT2D eigenvalue weighted by molar-refractivity contribution is 0.463. The highest BCUT2D eigenvalue weighted by molar-refractivity contribution is 7.99. The van der Waals surface area contributed by atoms with Crippen molar-refractivity contribution in [1.82, 2.24) is 5.32 Å². The van der Waals surface area contributed by atoms with Crippen molar-refractivity contribution in [2.75, 3.05) is 24.6 Å². The molecule has 2 heteroatoms. The average molecular weight is 265 g/mol. The molecule has 0 aliphatic carbocycles. The molecule has 0 saturated carbocycles. The van der Waals surface area contributed by atoms with E-state index in [0.29, 0.717) is 0 Å². The molecule has 0 heterocycles. The summed E-state index contributed by atoms with van der Waals surface area (Å²) in [6, 6.07) is 10.9. The molecule has 1 aromatic carbocycles. The van der Waals surface area contributed by atoms with Crippen LogP contribution in [0.1, 0.15) is 32.3 Å². The minimum Gasteiger partial charge on any atom is -0.316 e. The van der Waals surface area contributed by atoms with Crippen molar-refractivity contribution in [3.05, 3.63) is 35.9 Å². The van der Waals surface area contributed by atoms with Gasteiger partial charge in [0.2, 0.25) is 0 Å². The predicted molar refractivity (Wildman–Crippen MR) is 84.4 cm³/mol. The summed E-state index contributed by atoms with van der Waals surface area (Å²) < 4.78 is 0. The molecule has 0 amide bonds. The first kappa shape index (κ1) is 15.6. The van der Waals surface area contributed by atoms with Crippen LogP contribution in [0.5, 0.6) is 0 Å². The first-order chi connectivity index (χ1) is 8.86. The molecule has 0 spiro atoms. The van der Waals surface area contributed by atoms with Gasteiger partial charge >= 0.3 is 0 Å². The van der Waals surface area contributed by atoms with Gasteiger partial charge in [-0.05, 0) is 55.3 Å². The fourth-order valence-electron chi connectivity index (χ4n) is 2.10. The Morgan fingerprint density at radius 1 is 1.17 bits per heavy atom. The summed E-state index contributed by atoms with van der Waals surface area (Å²) in [4.78, 5) is 0. The first-order valence-corrected chi connectivity index (χ1v) is 8.34. The molecule has 0 aliphatic heterocycles. The maximum absolute atomic E-state index is 3.57. The number of benzene rings is 1. The van der Waals surface area contributed by atoms with Gasteiger partial charge in [0.1, 0.15) is 0 Å². The second-order valence-corrected chi connectivity index (χ2v) is 6.14. The second kappa shape index (κ2) is 10.5. The Morgan fingerprint density at radius 2 is 1.94 bits per heavy atom. The SMILES string of the molecule is CCCNCC(CCSCC)Cc1ccccc1. The van der Waals surface area contributed by atoms with Crippen LogP contribution in [-0.4, -0.2) is 24.6 Å². The quantitative estimate of drug-likeness (QED) is 0.642. The number of rotatable bonds is 10. The fourth-order valence-corrected chi connectivity index (χ4v) is 2.89. The van der Waals surface area contributed by atoms with Crippen molar-refractivity contribution in [2.45, 2.75) is 33.1 Å². The van der Waals surface area contributed by atoms with Gasteiger partial charge in [0, 0.05) is 0 Å². The van der Waals surface area contributed by atoms with E-state index in [1.807, 2.05) is 0 Å². The van der Waals surface area contributed by atoms with Crippen LogP contribution >= 0.6 is 11.8 Å². The van der Waals surface area contributed by atoms with Crippen LogP contribution < -0.4 is 5.32 Å². The van der Waals surface area contributed by atoms with E-state index < -0.39 is 0 Å². The summed E-state index contributed by atoms with van der Waals surface area (Å²) in [6.07, 6.45) is 3.76. The summed E-state index contributed by atoms with van der Waals surface area (Å²) >= 11 is 2.06. The van der Waals surface area contributed by atoms with E-state index in [1.54, 1.807) is 0 Å². The summed E-state index contributed by atoms with van der Waals surface area (Å²) in [6.45, 7) is 6.78. The van der Waals surface area contributed by atoms with E-state index in [2.05, 4.69) is 61.3 Å². The summed E-state index contributed by atoms with van der Waals surface area (Å²) in [5.41, 5.74) is 1.47. The molecule has 0 fully saturated rings.